The third-order valence-corrected chi connectivity index (χ3v) is 2.85. The normalized spacial score (nSPS) is 21.4. The molecule has 0 spiro atoms. The van der Waals surface area contributed by atoms with Crippen molar-refractivity contribution in [1.82, 2.24) is 5.32 Å². The van der Waals surface area contributed by atoms with Gasteiger partial charge in [0.15, 0.2) is 0 Å². The van der Waals surface area contributed by atoms with Crippen LogP contribution in [-0.4, -0.2) is 23.3 Å². The highest BCUT2D eigenvalue weighted by Gasteiger charge is 2.20. The molecular formula is C11H15NO2. The maximum Gasteiger partial charge on any atom is 0.119 e. The van der Waals surface area contributed by atoms with Crippen LogP contribution in [0.4, 0.5) is 0 Å². The highest BCUT2D eigenvalue weighted by Crippen LogP contribution is 2.34. The van der Waals surface area contributed by atoms with Gasteiger partial charge >= 0.3 is 0 Å². The standard InChI is InChI=1S/C11H15NO2/c1-7-4-11(14)9(5-10(7)13)8-2-3-12-6-8/h4-5,8,12-14H,2-3,6H2,1H3. The molecule has 3 N–H and O–H groups in total. The first kappa shape index (κ1) is 9.34. The van der Waals surface area contributed by atoms with Crippen LogP contribution in [0.2, 0.25) is 0 Å². The lowest BCUT2D eigenvalue weighted by Gasteiger charge is -2.12. The van der Waals surface area contributed by atoms with Gasteiger partial charge in [-0.15, -0.1) is 0 Å². The minimum Gasteiger partial charge on any atom is -0.508 e. The number of hydrogen-bond acceptors (Lipinski definition) is 3. The van der Waals surface area contributed by atoms with Crippen molar-refractivity contribution >= 4 is 0 Å². The van der Waals surface area contributed by atoms with Crippen LogP contribution in [0.5, 0.6) is 11.5 Å². The molecule has 1 atom stereocenters. The van der Waals surface area contributed by atoms with Crippen LogP contribution < -0.4 is 5.32 Å². The van der Waals surface area contributed by atoms with Crippen LogP contribution in [0.3, 0.4) is 0 Å². The van der Waals surface area contributed by atoms with Crippen molar-refractivity contribution < 1.29 is 10.2 Å². The van der Waals surface area contributed by atoms with E-state index in [1.165, 1.54) is 0 Å². The predicted octanol–water partition coefficient (Wildman–Crippen LogP) is 1.48. The second-order valence-electron chi connectivity index (χ2n) is 3.89. The maximum absolute atomic E-state index is 9.74. The number of nitrogens with one attached hydrogen (secondary N) is 1. The maximum atomic E-state index is 9.74. The van der Waals surface area contributed by atoms with Crippen molar-refractivity contribution in [2.45, 2.75) is 19.3 Å². The second-order valence-corrected chi connectivity index (χ2v) is 3.89. The van der Waals surface area contributed by atoms with Crippen molar-refractivity contribution in [3.05, 3.63) is 23.3 Å². The monoisotopic (exact) mass is 193 g/mol. The van der Waals surface area contributed by atoms with Crippen LogP contribution >= 0.6 is 0 Å². The summed E-state index contributed by atoms with van der Waals surface area (Å²) in [6, 6.07) is 3.31. The zero-order valence-corrected chi connectivity index (χ0v) is 8.25. The van der Waals surface area contributed by atoms with Crippen molar-refractivity contribution in [3.63, 3.8) is 0 Å². The second kappa shape index (κ2) is 3.50. The van der Waals surface area contributed by atoms with Gasteiger partial charge in [-0.2, -0.15) is 0 Å². The number of aromatic hydroxyl groups is 2. The molecule has 0 saturated carbocycles. The molecule has 3 heteroatoms. The summed E-state index contributed by atoms with van der Waals surface area (Å²) in [7, 11) is 0. The highest BCUT2D eigenvalue weighted by molar-refractivity contribution is 5.46. The van der Waals surface area contributed by atoms with Crippen LogP contribution in [0.1, 0.15) is 23.5 Å². The largest absolute Gasteiger partial charge is 0.508 e. The summed E-state index contributed by atoms with van der Waals surface area (Å²) in [5, 5.41) is 22.5. The Kier molecular flexibility index (Phi) is 2.33. The van der Waals surface area contributed by atoms with E-state index in [2.05, 4.69) is 5.32 Å². The molecule has 1 fully saturated rings. The molecule has 1 aliphatic rings. The van der Waals surface area contributed by atoms with E-state index >= 15 is 0 Å². The molecule has 76 valence electrons. The topological polar surface area (TPSA) is 52.5 Å². The fraction of sp³-hybridized carbons (Fsp3) is 0.455. The van der Waals surface area contributed by atoms with E-state index < -0.39 is 0 Å². The van der Waals surface area contributed by atoms with Gasteiger partial charge < -0.3 is 15.5 Å². The number of phenolic OH excluding ortho intramolecular Hbond substituents is 2. The Bertz CT molecular complexity index is 343. The lowest BCUT2D eigenvalue weighted by molar-refractivity contribution is 0.446. The van der Waals surface area contributed by atoms with Gasteiger partial charge in [0, 0.05) is 18.0 Å². The molecule has 0 aromatic heterocycles. The molecule has 2 rings (SSSR count). The first-order valence-corrected chi connectivity index (χ1v) is 4.91. The van der Waals surface area contributed by atoms with Crippen molar-refractivity contribution in [2.24, 2.45) is 0 Å². The van der Waals surface area contributed by atoms with E-state index in [0.29, 0.717) is 11.7 Å². The SMILES string of the molecule is Cc1cc(O)c(C2CCNC2)cc1O. The predicted molar refractivity (Wildman–Crippen MR) is 54.7 cm³/mol. The van der Waals surface area contributed by atoms with E-state index in [1.807, 2.05) is 0 Å². The van der Waals surface area contributed by atoms with Crippen molar-refractivity contribution in [2.75, 3.05) is 13.1 Å². The average molecular weight is 193 g/mol. The Hall–Kier alpha value is -1.22. The molecule has 0 amide bonds. The summed E-state index contributed by atoms with van der Waals surface area (Å²) in [6.45, 7) is 3.65. The van der Waals surface area contributed by atoms with Gasteiger partial charge in [0.1, 0.15) is 11.5 Å². The van der Waals surface area contributed by atoms with Gasteiger partial charge in [-0.25, -0.2) is 0 Å². The lowest BCUT2D eigenvalue weighted by atomic mass is 9.96. The Morgan fingerprint density at radius 2 is 2.07 bits per heavy atom. The van der Waals surface area contributed by atoms with Crippen LogP contribution in [-0.2, 0) is 0 Å². The minimum absolute atomic E-state index is 0.268. The van der Waals surface area contributed by atoms with E-state index in [4.69, 9.17) is 0 Å². The van der Waals surface area contributed by atoms with E-state index in [1.54, 1.807) is 19.1 Å². The molecule has 0 aliphatic carbocycles. The summed E-state index contributed by atoms with van der Waals surface area (Å²) in [6.07, 6.45) is 1.02. The molecule has 1 heterocycles. The minimum atomic E-state index is 0.268. The van der Waals surface area contributed by atoms with Crippen molar-refractivity contribution in [1.29, 1.82) is 0 Å². The fourth-order valence-corrected chi connectivity index (χ4v) is 1.94. The molecule has 1 aliphatic heterocycles. The van der Waals surface area contributed by atoms with Crippen LogP contribution in [0.25, 0.3) is 0 Å². The molecule has 14 heavy (non-hydrogen) atoms. The smallest absolute Gasteiger partial charge is 0.119 e. The molecule has 3 nitrogen and oxygen atoms in total. The molecular weight excluding hydrogens is 178 g/mol. The third kappa shape index (κ3) is 1.55. The molecule has 0 radical (unpaired) electrons. The summed E-state index contributed by atoms with van der Waals surface area (Å²) in [4.78, 5) is 0. The van der Waals surface area contributed by atoms with Gasteiger partial charge in [0.2, 0.25) is 0 Å². The van der Waals surface area contributed by atoms with E-state index in [9.17, 15) is 10.2 Å². The lowest BCUT2D eigenvalue weighted by Crippen LogP contribution is -2.08. The number of aryl methyl sites for hydroxylation is 1. The molecule has 0 bridgehead atoms. The average Bonchev–Trinajstić information content (AvgIpc) is 2.64. The zero-order valence-electron chi connectivity index (χ0n) is 8.25. The van der Waals surface area contributed by atoms with Gasteiger partial charge in [-0.1, -0.05) is 0 Å². The highest BCUT2D eigenvalue weighted by atomic mass is 16.3. The summed E-state index contributed by atoms with van der Waals surface area (Å²) in [5.74, 6) is 0.903. The molecule has 1 aromatic carbocycles. The van der Waals surface area contributed by atoms with Gasteiger partial charge in [0.25, 0.3) is 0 Å². The van der Waals surface area contributed by atoms with Gasteiger partial charge in [0.05, 0.1) is 0 Å². The third-order valence-electron chi connectivity index (χ3n) is 2.85. The first-order valence-electron chi connectivity index (χ1n) is 4.91. The Balaban J connectivity index is 2.37. The number of benzene rings is 1. The number of phenols is 2. The Morgan fingerprint density at radius 1 is 1.29 bits per heavy atom. The molecule has 1 unspecified atom stereocenters. The summed E-state index contributed by atoms with van der Waals surface area (Å²) < 4.78 is 0. The fourth-order valence-electron chi connectivity index (χ4n) is 1.94. The Labute approximate surface area is 83.4 Å². The molecule has 1 aromatic rings. The quantitative estimate of drug-likeness (QED) is 0.592. The number of hydrogen-bond donors (Lipinski definition) is 3. The van der Waals surface area contributed by atoms with Crippen LogP contribution in [0, 0.1) is 6.92 Å². The van der Waals surface area contributed by atoms with Gasteiger partial charge in [-0.3, -0.25) is 0 Å². The summed E-state index contributed by atoms with van der Waals surface area (Å²) in [5.41, 5.74) is 1.58. The van der Waals surface area contributed by atoms with Crippen LogP contribution in [0.15, 0.2) is 12.1 Å². The van der Waals surface area contributed by atoms with Gasteiger partial charge in [-0.05, 0) is 37.6 Å². The van der Waals surface area contributed by atoms with Crippen molar-refractivity contribution in [3.8, 4) is 11.5 Å². The zero-order chi connectivity index (χ0) is 10.1. The Morgan fingerprint density at radius 3 is 2.71 bits per heavy atom. The van der Waals surface area contributed by atoms with E-state index in [-0.39, 0.29) is 5.75 Å². The number of rotatable bonds is 1. The van der Waals surface area contributed by atoms with E-state index in [0.717, 1.165) is 30.6 Å². The molecule has 1 saturated heterocycles. The summed E-state index contributed by atoms with van der Waals surface area (Å²) >= 11 is 0. The first-order chi connectivity index (χ1) is 6.68.